The van der Waals surface area contributed by atoms with Gasteiger partial charge in [-0.2, -0.15) is 0 Å². The van der Waals surface area contributed by atoms with Crippen LogP contribution in [0.3, 0.4) is 0 Å². The molecule has 0 unspecified atom stereocenters. The Kier molecular flexibility index (Phi) is 12.6. The third-order valence-corrected chi connectivity index (χ3v) is 6.53. The number of hydrogen-bond donors (Lipinski definition) is 0. The summed E-state index contributed by atoms with van der Waals surface area (Å²) in [5.41, 5.74) is 0.605. The van der Waals surface area contributed by atoms with Crippen molar-refractivity contribution in [3.8, 4) is 5.75 Å². The molecule has 0 aromatic heterocycles. The van der Waals surface area contributed by atoms with Crippen molar-refractivity contribution in [3.05, 3.63) is 29.8 Å². The first kappa shape index (κ1) is 24.8. The smallest absolute Gasteiger partial charge is 0.338 e. The Labute approximate surface area is 184 Å². The fraction of sp³-hybridized carbons (Fsp3) is 0.741. The van der Waals surface area contributed by atoms with Gasteiger partial charge >= 0.3 is 5.97 Å². The lowest BCUT2D eigenvalue weighted by Gasteiger charge is -2.28. The van der Waals surface area contributed by atoms with E-state index in [9.17, 15) is 4.79 Å². The average Bonchev–Trinajstić information content (AvgIpc) is 2.78. The number of carbonyl (C=O) groups is 1. The first-order chi connectivity index (χ1) is 14.7. The van der Waals surface area contributed by atoms with Crippen LogP contribution in [0.25, 0.3) is 0 Å². The fourth-order valence-corrected chi connectivity index (χ4v) is 4.52. The van der Waals surface area contributed by atoms with Gasteiger partial charge in [0.05, 0.1) is 18.8 Å². The predicted molar refractivity (Wildman–Crippen MR) is 125 cm³/mol. The van der Waals surface area contributed by atoms with E-state index in [0.717, 1.165) is 43.5 Å². The van der Waals surface area contributed by atoms with Crippen molar-refractivity contribution >= 4 is 5.97 Å². The van der Waals surface area contributed by atoms with Gasteiger partial charge in [0.1, 0.15) is 5.75 Å². The highest BCUT2D eigenvalue weighted by atomic mass is 16.5. The zero-order valence-electron chi connectivity index (χ0n) is 19.5. The molecule has 170 valence electrons. The summed E-state index contributed by atoms with van der Waals surface area (Å²) >= 11 is 0. The van der Waals surface area contributed by atoms with Crippen LogP contribution in [-0.2, 0) is 4.74 Å². The molecule has 0 spiro atoms. The second kappa shape index (κ2) is 15.3. The molecule has 1 saturated carbocycles. The van der Waals surface area contributed by atoms with E-state index in [1.54, 1.807) is 0 Å². The highest BCUT2D eigenvalue weighted by molar-refractivity contribution is 5.89. The number of unbranched alkanes of at least 4 members (excludes halogenated alkanes) is 5. The summed E-state index contributed by atoms with van der Waals surface area (Å²) in [4.78, 5) is 12.1. The molecule has 0 amide bonds. The van der Waals surface area contributed by atoms with Crippen LogP contribution < -0.4 is 4.74 Å². The molecule has 1 fully saturated rings. The molecule has 0 aliphatic heterocycles. The summed E-state index contributed by atoms with van der Waals surface area (Å²) in [5, 5.41) is 0. The molecule has 0 N–H and O–H groups in total. The maximum atomic E-state index is 12.1. The van der Waals surface area contributed by atoms with E-state index >= 15 is 0 Å². The van der Waals surface area contributed by atoms with Crippen molar-refractivity contribution < 1.29 is 14.3 Å². The lowest BCUT2D eigenvalue weighted by molar-refractivity contribution is 0.0498. The van der Waals surface area contributed by atoms with E-state index in [1.807, 2.05) is 24.3 Å². The van der Waals surface area contributed by atoms with Crippen molar-refractivity contribution in [2.24, 2.45) is 11.8 Å². The van der Waals surface area contributed by atoms with Gasteiger partial charge in [0.25, 0.3) is 0 Å². The van der Waals surface area contributed by atoms with Crippen LogP contribution in [-0.4, -0.2) is 19.2 Å². The van der Waals surface area contributed by atoms with E-state index in [2.05, 4.69) is 13.8 Å². The number of rotatable bonds is 15. The molecular weight excluding hydrogens is 372 g/mol. The second-order valence-electron chi connectivity index (χ2n) is 9.09. The molecular formula is C27H44O3. The van der Waals surface area contributed by atoms with Gasteiger partial charge in [0.15, 0.2) is 0 Å². The van der Waals surface area contributed by atoms with Crippen LogP contribution in [0.1, 0.15) is 114 Å². The first-order valence-electron chi connectivity index (χ1n) is 12.6. The number of ether oxygens (including phenoxy) is 2. The molecule has 1 aromatic carbocycles. The largest absolute Gasteiger partial charge is 0.494 e. The lowest BCUT2D eigenvalue weighted by Crippen LogP contribution is -2.15. The average molecular weight is 417 g/mol. The molecule has 3 heteroatoms. The molecule has 0 heterocycles. The summed E-state index contributed by atoms with van der Waals surface area (Å²) in [7, 11) is 0. The highest BCUT2D eigenvalue weighted by Gasteiger charge is 2.20. The van der Waals surface area contributed by atoms with E-state index in [1.165, 1.54) is 70.6 Å². The summed E-state index contributed by atoms with van der Waals surface area (Å²) in [5.74, 6) is 2.49. The maximum absolute atomic E-state index is 12.1. The van der Waals surface area contributed by atoms with Crippen LogP contribution in [0.2, 0.25) is 0 Å². The topological polar surface area (TPSA) is 35.5 Å². The van der Waals surface area contributed by atoms with Gasteiger partial charge in [0, 0.05) is 0 Å². The monoisotopic (exact) mass is 416 g/mol. The Morgan fingerprint density at radius 3 is 2.00 bits per heavy atom. The van der Waals surface area contributed by atoms with Crippen LogP contribution >= 0.6 is 0 Å². The van der Waals surface area contributed by atoms with Gasteiger partial charge in [-0.15, -0.1) is 0 Å². The minimum atomic E-state index is -0.233. The van der Waals surface area contributed by atoms with E-state index < -0.39 is 0 Å². The van der Waals surface area contributed by atoms with Crippen LogP contribution in [0.15, 0.2) is 24.3 Å². The Bertz CT molecular complexity index is 558. The van der Waals surface area contributed by atoms with Crippen LogP contribution in [0, 0.1) is 11.8 Å². The van der Waals surface area contributed by atoms with Gasteiger partial charge < -0.3 is 9.47 Å². The van der Waals surface area contributed by atoms with E-state index in [4.69, 9.17) is 9.47 Å². The Morgan fingerprint density at radius 2 is 1.37 bits per heavy atom. The summed E-state index contributed by atoms with van der Waals surface area (Å²) in [6.07, 6.45) is 18.2. The Morgan fingerprint density at radius 1 is 0.767 bits per heavy atom. The molecule has 3 nitrogen and oxygen atoms in total. The SMILES string of the molecule is CCCCCCOC(=O)c1ccc(OCCC[C@H]2CC[C@H](CCCCC)CC2)cc1. The van der Waals surface area contributed by atoms with Gasteiger partial charge in [-0.25, -0.2) is 4.79 Å². The second-order valence-corrected chi connectivity index (χ2v) is 9.09. The summed E-state index contributed by atoms with van der Waals surface area (Å²) in [6, 6.07) is 7.39. The van der Waals surface area contributed by atoms with Crippen molar-refractivity contribution in [2.75, 3.05) is 13.2 Å². The lowest BCUT2D eigenvalue weighted by atomic mass is 9.78. The van der Waals surface area contributed by atoms with Crippen molar-refractivity contribution in [2.45, 2.75) is 104 Å². The molecule has 0 radical (unpaired) electrons. The van der Waals surface area contributed by atoms with Crippen molar-refractivity contribution in [1.29, 1.82) is 0 Å². The number of hydrogen-bond acceptors (Lipinski definition) is 3. The van der Waals surface area contributed by atoms with Gasteiger partial charge in [-0.05, 0) is 55.4 Å². The molecule has 30 heavy (non-hydrogen) atoms. The zero-order valence-corrected chi connectivity index (χ0v) is 19.5. The number of carbonyl (C=O) groups excluding carboxylic acids is 1. The minimum absolute atomic E-state index is 0.233. The third-order valence-electron chi connectivity index (χ3n) is 6.53. The standard InChI is InChI=1S/C27H44O3/c1-3-5-7-9-21-30-27(28)25-17-19-26(20-18-25)29-22-10-12-24-15-13-23(14-16-24)11-8-6-4-2/h17-20,23-24H,3-16,21-22H2,1-2H3/t23-,24-. The minimum Gasteiger partial charge on any atom is -0.494 e. The van der Waals surface area contributed by atoms with Crippen LogP contribution in [0.5, 0.6) is 5.75 Å². The van der Waals surface area contributed by atoms with Crippen molar-refractivity contribution in [1.82, 2.24) is 0 Å². The van der Waals surface area contributed by atoms with E-state index in [-0.39, 0.29) is 5.97 Å². The Hall–Kier alpha value is -1.51. The first-order valence-corrected chi connectivity index (χ1v) is 12.6. The van der Waals surface area contributed by atoms with Crippen LogP contribution in [0.4, 0.5) is 0 Å². The van der Waals surface area contributed by atoms with Crippen molar-refractivity contribution in [3.63, 3.8) is 0 Å². The molecule has 0 saturated heterocycles. The normalized spacial score (nSPS) is 18.9. The van der Waals surface area contributed by atoms with Gasteiger partial charge in [-0.3, -0.25) is 0 Å². The zero-order chi connectivity index (χ0) is 21.4. The molecule has 1 aliphatic carbocycles. The number of esters is 1. The summed E-state index contributed by atoms with van der Waals surface area (Å²) in [6.45, 7) is 5.74. The fourth-order valence-electron chi connectivity index (χ4n) is 4.52. The molecule has 1 aliphatic rings. The van der Waals surface area contributed by atoms with Gasteiger partial charge in [-0.1, -0.05) is 84.5 Å². The quantitative estimate of drug-likeness (QED) is 0.215. The number of benzene rings is 1. The summed E-state index contributed by atoms with van der Waals surface area (Å²) < 4.78 is 11.2. The van der Waals surface area contributed by atoms with E-state index in [0.29, 0.717) is 12.2 Å². The molecule has 0 atom stereocenters. The third kappa shape index (κ3) is 10.00. The van der Waals surface area contributed by atoms with Gasteiger partial charge in [0.2, 0.25) is 0 Å². The molecule has 2 rings (SSSR count). The Balaban J connectivity index is 1.55. The molecule has 0 bridgehead atoms. The predicted octanol–water partition coefficient (Wildman–Crippen LogP) is 7.97. The maximum Gasteiger partial charge on any atom is 0.338 e. The molecule has 1 aromatic rings. The highest BCUT2D eigenvalue weighted by Crippen LogP contribution is 2.34.